The number of methoxy groups -OCH3 is 3. The number of rotatable bonds is 13. The van der Waals surface area contributed by atoms with Crippen LogP contribution < -0.4 is 19.1 Å². The molecule has 0 saturated heterocycles. The SMILES string of the molecule is COc1ccc(CCN(C)CCCC(C#N)(c2ccc(OC)c(OO)c2)C(C)C)cc1OC.Cl.O. The summed E-state index contributed by atoms with van der Waals surface area (Å²) in [7, 11) is 6.88. The molecule has 0 saturated carbocycles. The van der Waals surface area contributed by atoms with Crippen molar-refractivity contribution in [2.75, 3.05) is 41.5 Å². The van der Waals surface area contributed by atoms with Crippen LogP contribution in [-0.2, 0) is 11.8 Å². The maximum atomic E-state index is 10.2. The number of nitriles is 1. The molecule has 2 aromatic carbocycles. The summed E-state index contributed by atoms with van der Waals surface area (Å²) in [5.74, 6) is 2.18. The molecule has 0 aliphatic heterocycles. The van der Waals surface area contributed by atoms with E-state index in [0.29, 0.717) is 12.2 Å². The van der Waals surface area contributed by atoms with Crippen LogP contribution in [0.1, 0.15) is 37.8 Å². The van der Waals surface area contributed by atoms with Gasteiger partial charge in [-0.25, -0.2) is 5.26 Å². The van der Waals surface area contributed by atoms with Gasteiger partial charge in [0.05, 0.1) is 32.8 Å². The molecule has 0 aliphatic rings. The monoisotopic (exact) mass is 510 g/mol. The predicted molar refractivity (Wildman–Crippen MR) is 139 cm³/mol. The Labute approximate surface area is 215 Å². The van der Waals surface area contributed by atoms with Crippen molar-refractivity contribution in [3.05, 3.63) is 47.5 Å². The highest BCUT2D eigenvalue weighted by Crippen LogP contribution is 2.40. The van der Waals surface area contributed by atoms with Crippen LogP contribution >= 0.6 is 12.4 Å². The summed E-state index contributed by atoms with van der Waals surface area (Å²) < 4.78 is 15.9. The van der Waals surface area contributed by atoms with Crippen molar-refractivity contribution in [2.45, 2.75) is 38.5 Å². The van der Waals surface area contributed by atoms with E-state index in [4.69, 9.17) is 14.2 Å². The zero-order valence-corrected chi connectivity index (χ0v) is 22.3. The van der Waals surface area contributed by atoms with E-state index in [1.807, 2.05) is 32.0 Å². The molecule has 1 atom stereocenters. The fourth-order valence-electron chi connectivity index (χ4n) is 4.14. The Balaban J connectivity index is 0.00000578. The number of nitrogens with zero attached hydrogens (tertiary/aromatic N) is 2. The summed E-state index contributed by atoms with van der Waals surface area (Å²) in [6.45, 7) is 5.85. The molecule has 0 bridgehead atoms. The van der Waals surface area contributed by atoms with E-state index in [2.05, 4.69) is 29.0 Å². The topological polar surface area (TPSA) is 116 Å². The molecule has 9 heteroatoms. The van der Waals surface area contributed by atoms with Gasteiger partial charge in [0.15, 0.2) is 17.2 Å². The Morgan fingerprint density at radius 2 is 1.54 bits per heavy atom. The lowest BCUT2D eigenvalue weighted by Gasteiger charge is -2.32. The molecular weight excluding hydrogens is 472 g/mol. The highest BCUT2D eigenvalue weighted by Gasteiger charge is 2.36. The van der Waals surface area contributed by atoms with Crippen LogP contribution in [0.25, 0.3) is 0 Å². The van der Waals surface area contributed by atoms with Crippen LogP contribution in [0.5, 0.6) is 23.0 Å². The molecule has 0 aromatic heterocycles. The minimum Gasteiger partial charge on any atom is -0.493 e. The number of halogens is 1. The molecule has 8 nitrogen and oxygen atoms in total. The second-order valence-electron chi connectivity index (χ2n) is 8.54. The first-order valence-corrected chi connectivity index (χ1v) is 11.2. The molecule has 0 heterocycles. The van der Waals surface area contributed by atoms with Gasteiger partial charge >= 0.3 is 0 Å². The maximum Gasteiger partial charge on any atom is 0.207 e. The third-order valence-corrected chi connectivity index (χ3v) is 6.30. The Morgan fingerprint density at radius 3 is 2.09 bits per heavy atom. The van der Waals surface area contributed by atoms with Crippen LogP contribution in [0.15, 0.2) is 36.4 Å². The zero-order valence-electron chi connectivity index (χ0n) is 21.5. The van der Waals surface area contributed by atoms with Gasteiger partial charge in [-0.1, -0.05) is 26.0 Å². The molecule has 196 valence electrons. The average Bonchev–Trinajstić information content (AvgIpc) is 2.84. The number of hydrogen-bond acceptors (Lipinski definition) is 7. The smallest absolute Gasteiger partial charge is 0.207 e. The number of benzene rings is 2. The Bertz CT molecular complexity index is 950. The zero-order chi connectivity index (χ0) is 24.4. The lowest BCUT2D eigenvalue weighted by Crippen LogP contribution is -2.32. The number of likely N-dealkylation sites (N-methyl/N-ethyl adjacent to an activating group) is 1. The summed E-state index contributed by atoms with van der Waals surface area (Å²) in [6.07, 6.45) is 2.44. The largest absolute Gasteiger partial charge is 0.493 e. The molecule has 0 amide bonds. The van der Waals surface area contributed by atoms with Crippen molar-refractivity contribution in [1.82, 2.24) is 4.90 Å². The summed E-state index contributed by atoms with van der Waals surface area (Å²) in [6, 6.07) is 13.9. The van der Waals surface area contributed by atoms with Gasteiger partial charge in [-0.05, 0) is 74.2 Å². The molecule has 0 aliphatic carbocycles. The van der Waals surface area contributed by atoms with E-state index >= 15 is 0 Å². The number of ether oxygens (including phenoxy) is 3. The van der Waals surface area contributed by atoms with Crippen LogP contribution in [0.3, 0.4) is 0 Å². The minimum absolute atomic E-state index is 0. The van der Waals surface area contributed by atoms with Gasteiger partial charge < -0.3 is 29.5 Å². The first-order valence-electron chi connectivity index (χ1n) is 11.2. The van der Waals surface area contributed by atoms with Gasteiger partial charge in [0.1, 0.15) is 0 Å². The van der Waals surface area contributed by atoms with Gasteiger partial charge in [-0.15, -0.1) is 12.4 Å². The first kappa shape index (κ1) is 32.3. The summed E-state index contributed by atoms with van der Waals surface area (Å²) in [5, 5.41) is 19.4. The third kappa shape index (κ3) is 7.91. The average molecular weight is 511 g/mol. The quantitative estimate of drug-likeness (QED) is 0.310. The molecule has 0 radical (unpaired) electrons. The molecule has 1 unspecified atom stereocenters. The normalized spacial score (nSPS) is 12.1. The first-order chi connectivity index (χ1) is 15.8. The van der Waals surface area contributed by atoms with Crippen LogP contribution in [0, 0.1) is 17.2 Å². The summed E-state index contributed by atoms with van der Waals surface area (Å²) >= 11 is 0. The van der Waals surface area contributed by atoms with Gasteiger partial charge in [0, 0.05) is 6.54 Å². The van der Waals surface area contributed by atoms with Crippen molar-refractivity contribution >= 4 is 12.4 Å². The van der Waals surface area contributed by atoms with Crippen molar-refractivity contribution in [3.8, 4) is 29.1 Å². The van der Waals surface area contributed by atoms with Gasteiger partial charge in [0.2, 0.25) is 5.75 Å². The Kier molecular flexibility index (Phi) is 14.1. The highest BCUT2D eigenvalue weighted by atomic mass is 35.5. The molecule has 35 heavy (non-hydrogen) atoms. The molecule has 0 spiro atoms. The summed E-state index contributed by atoms with van der Waals surface area (Å²) in [4.78, 5) is 6.76. The van der Waals surface area contributed by atoms with E-state index in [-0.39, 0.29) is 29.6 Å². The van der Waals surface area contributed by atoms with Crippen molar-refractivity contribution < 1.29 is 29.8 Å². The second kappa shape index (κ2) is 15.3. The Hall–Kier alpha value is -2.70. The van der Waals surface area contributed by atoms with Gasteiger partial charge in [0.25, 0.3) is 0 Å². The van der Waals surface area contributed by atoms with E-state index in [1.165, 1.54) is 12.7 Å². The van der Waals surface area contributed by atoms with Crippen molar-refractivity contribution in [2.24, 2.45) is 5.92 Å². The van der Waals surface area contributed by atoms with E-state index in [9.17, 15) is 10.5 Å². The van der Waals surface area contributed by atoms with E-state index < -0.39 is 5.41 Å². The molecule has 2 aromatic rings. The lowest BCUT2D eigenvalue weighted by atomic mass is 9.69. The van der Waals surface area contributed by atoms with E-state index in [1.54, 1.807) is 26.4 Å². The standard InChI is InChI=1S/C26H36N2O5.ClH.H2O/c1-19(2)26(18-27,21-9-11-23(31-5)25(17-21)33-29)13-7-14-28(3)15-12-20-8-10-22(30-4)24(16-20)32-6;;/h8-11,16-17,19,29H,7,12-15H2,1-6H3;1H;1H2. The van der Waals surface area contributed by atoms with Gasteiger partial charge in [-0.2, -0.15) is 5.26 Å². The fraction of sp³-hybridized carbons (Fsp3) is 0.500. The summed E-state index contributed by atoms with van der Waals surface area (Å²) in [5.41, 5.74) is 1.31. The van der Waals surface area contributed by atoms with Crippen LogP contribution in [-0.4, -0.2) is 57.1 Å². The molecule has 0 fully saturated rings. The van der Waals surface area contributed by atoms with Crippen LogP contribution in [0.4, 0.5) is 0 Å². The molecule has 3 N–H and O–H groups in total. The number of hydrogen-bond donors (Lipinski definition) is 1. The van der Waals surface area contributed by atoms with Gasteiger partial charge in [-0.3, -0.25) is 0 Å². The molecule has 2 rings (SSSR count). The van der Waals surface area contributed by atoms with E-state index in [0.717, 1.165) is 43.0 Å². The fourth-order valence-corrected chi connectivity index (χ4v) is 4.14. The maximum absolute atomic E-state index is 10.2. The third-order valence-electron chi connectivity index (χ3n) is 6.30. The van der Waals surface area contributed by atoms with Crippen molar-refractivity contribution in [1.29, 1.82) is 5.26 Å². The predicted octanol–water partition coefficient (Wildman–Crippen LogP) is 4.53. The Morgan fingerprint density at radius 1 is 0.943 bits per heavy atom. The lowest BCUT2D eigenvalue weighted by molar-refractivity contribution is -0.139. The van der Waals surface area contributed by atoms with Crippen molar-refractivity contribution in [3.63, 3.8) is 0 Å². The highest BCUT2D eigenvalue weighted by molar-refractivity contribution is 5.85. The second-order valence-corrected chi connectivity index (χ2v) is 8.54. The minimum atomic E-state index is -0.691. The van der Waals surface area contributed by atoms with Crippen LogP contribution in [0.2, 0.25) is 0 Å². The molecular formula is C26H39ClN2O6.